The largest absolute Gasteiger partial charge is 0.461 e. The number of hydrogen-bond acceptors (Lipinski definition) is 7. The van der Waals surface area contributed by atoms with Crippen molar-refractivity contribution in [3.8, 4) is 6.01 Å². The molecule has 0 bridgehead atoms. The maximum absolute atomic E-state index is 12.3. The van der Waals surface area contributed by atoms with E-state index in [1.54, 1.807) is 0 Å². The Balaban J connectivity index is 1.37. The number of rotatable bonds is 7. The first kappa shape index (κ1) is 25.3. The first-order valence-electron chi connectivity index (χ1n) is 13.7. The number of amides is 1. The number of likely N-dealkylation sites (tertiary alicyclic amines) is 1. The van der Waals surface area contributed by atoms with Crippen LogP contribution < -0.4 is 9.64 Å². The third-order valence-electron chi connectivity index (χ3n) is 8.11. The van der Waals surface area contributed by atoms with E-state index in [4.69, 9.17) is 19.8 Å². The van der Waals surface area contributed by atoms with Crippen LogP contribution in [-0.4, -0.2) is 87.2 Å². The molecule has 0 N–H and O–H groups in total. The van der Waals surface area contributed by atoms with Crippen LogP contribution in [0.25, 0.3) is 16.4 Å². The molecule has 2 fully saturated rings. The van der Waals surface area contributed by atoms with Crippen molar-refractivity contribution in [2.24, 2.45) is 0 Å². The van der Waals surface area contributed by atoms with Crippen molar-refractivity contribution in [3.05, 3.63) is 72.6 Å². The van der Waals surface area contributed by atoms with E-state index in [0.717, 1.165) is 24.5 Å². The summed E-state index contributed by atoms with van der Waals surface area (Å²) < 4.78 is 8.13. The fraction of sp³-hybridized carbons (Fsp3) is 0.400. The molecule has 9 heteroatoms. The Bertz CT molecular complexity index is 1510. The van der Waals surface area contributed by atoms with Gasteiger partial charge in [0.05, 0.1) is 11.9 Å². The molecule has 9 nitrogen and oxygen atoms in total. The lowest BCUT2D eigenvalue weighted by atomic mass is 10.0. The van der Waals surface area contributed by atoms with E-state index >= 15 is 0 Å². The van der Waals surface area contributed by atoms with Crippen molar-refractivity contribution in [1.29, 1.82) is 0 Å². The van der Waals surface area contributed by atoms with Gasteiger partial charge < -0.3 is 19.4 Å². The summed E-state index contributed by atoms with van der Waals surface area (Å²) in [5, 5.41) is 7.27. The normalized spacial score (nSPS) is 20.2. The van der Waals surface area contributed by atoms with Gasteiger partial charge in [0.2, 0.25) is 5.91 Å². The summed E-state index contributed by atoms with van der Waals surface area (Å²) in [6.07, 6.45) is 6.25. The Kier molecular flexibility index (Phi) is 6.91. The average molecular weight is 526 g/mol. The maximum atomic E-state index is 12.3. The van der Waals surface area contributed by atoms with Crippen LogP contribution in [-0.2, 0) is 11.2 Å². The molecule has 2 aromatic carbocycles. The number of anilines is 1. The zero-order valence-corrected chi connectivity index (χ0v) is 22.7. The van der Waals surface area contributed by atoms with Crippen LogP contribution in [0, 0.1) is 0 Å². The van der Waals surface area contributed by atoms with Crippen LogP contribution in [0.15, 0.2) is 61.3 Å². The lowest BCUT2D eigenvalue weighted by Gasteiger charge is -2.40. The summed E-state index contributed by atoms with van der Waals surface area (Å²) in [4.78, 5) is 28.3. The number of aromatic nitrogens is 4. The van der Waals surface area contributed by atoms with Gasteiger partial charge in [-0.05, 0) is 55.8 Å². The molecule has 2 aromatic heterocycles. The van der Waals surface area contributed by atoms with Gasteiger partial charge in [-0.3, -0.25) is 4.79 Å². The molecule has 2 unspecified atom stereocenters. The van der Waals surface area contributed by atoms with Crippen molar-refractivity contribution in [2.45, 2.75) is 38.3 Å². The predicted octanol–water partition coefficient (Wildman–Crippen LogP) is 3.56. The molecule has 0 aliphatic carbocycles. The molecule has 202 valence electrons. The van der Waals surface area contributed by atoms with Crippen LogP contribution >= 0.6 is 0 Å². The van der Waals surface area contributed by atoms with Crippen LogP contribution in [0.3, 0.4) is 0 Å². The smallest absolute Gasteiger partial charge is 0.336 e. The Morgan fingerprint density at radius 3 is 2.79 bits per heavy atom. The van der Waals surface area contributed by atoms with Crippen molar-refractivity contribution in [1.82, 2.24) is 29.4 Å². The summed E-state index contributed by atoms with van der Waals surface area (Å²) in [6, 6.07) is 15.6. The van der Waals surface area contributed by atoms with Gasteiger partial charge in [0.15, 0.2) is 11.5 Å². The second kappa shape index (κ2) is 10.6. The first-order chi connectivity index (χ1) is 19.0. The summed E-state index contributed by atoms with van der Waals surface area (Å²) in [6.45, 7) is 9.21. The number of benzene rings is 2. The number of fused-ring (bicyclic) bond motifs is 2. The Morgan fingerprint density at radius 1 is 1.15 bits per heavy atom. The van der Waals surface area contributed by atoms with E-state index in [2.05, 4.69) is 72.8 Å². The van der Waals surface area contributed by atoms with Crippen LogP contribution in [0.1, 0.15) is 31.0 Å². The monoisotopic (exact) mass is 525 g/mol. The molecule has 39 heavy (non-hydrogen) atoms. The molecular formula is C30H35N7O2. The summed E-state index contributed by atoms with van der Waals surface area (Å²) in [5.74, 6) is 0.694. The lowest BCUT2D eigenvalue weighted by molar-refractivity contribution is -0.126. The molecule has 2 atom stereocenters. The molecule has 2 aliphatic heterocycles. The van der Waals surface area contributed by atoms with Crippen molar-refractivity contribution >= 4 is 28.1 Å². The zero-order valence-electron chi connectivity index (χ0n) is 22.7. The molecule has 4 aromatic rings. The third kappa shape index (κ3) is 4.94. The molecule has 6 rings (SSSR count). The molecule has 0 spiro atoms. The Labute approximate surface area is 228 Å². The Hall–Kier alpha value is -3.98. The zero-order chi connectivity index (χ0) is 26.9. The Morgan fingerprint density at radius 2 is 2.00 bits per heavy atom. The van der Waals surface area contributed by atoms with E-state index in [0.29, 0.717) is 50.4 Å². The minimum absolute atomic E-state index is 0.0442. The summed E-state index contributed by atoms with van der Waals surface area (Å²) in [7, 11) is 2.14. The predicted molar refractivity (Wildman–Crippen MR) is 152 cm³/mol. The van der Waals surface area contributed by atoms with Crippen molar-refractivity contribution < 1.29 is 9.53 Å². The molecule has 0 radical (unpaired) electrons. The molecule has 0 saturated carbocycles. The highest BCUT2D eigenvalue weighted by atomic mass is 16.5. The molecule has 4 heterocycles. The van der Waals surface area contributed by atoms with E-state index in [9.17, 15) is 4.79 Å². The van der Waals surface area contributed by atoms with E-state index in [-0.39, 0.29) is 11.9 Å². The number of carbonyl (C=O) groups excluding carboxylic acids is 1. The minimum atomic E-state index is -0.0442. The number of nitrogens with zero attached hydrogens (tertiary/aromatic N) is 7. The summed E-state index contributed by atoms with van der Waals surface area (Å²) >= 11 is 0. The fourth-order valence-electron chi connectivity index (χ4n) is 5.87. The van der Waals surface area contributed by atoms with E-state index in [1.807, 2.05) is 15.6 Å². The van der Waals surface area contributed by atoms with Gasteiger partial charge in [-0.15, -0.1) is 5.10 Å². The maximum Gasteiger partial charge on any atom is 0.336 e. The van der Waals surface area contributed by atoms with Gasteiger partial charge >= 0.3 is 6.01 Å². The lowest BCUT2D eigenvalue weighted by Crippen LogP contribution is -2.53. The van der Waals surface area contributed by atoms with Crippen LogP contribution in [0.2, 0.25) is 0 Å². The van der Waals surface area contributed by atoms with Crippen molar-refractivity contribution in [2.75, 3.05) is 44.7 Å². The van der Waals surface area contributed by atoms with Gasteiger partial charge in [-0.25, -0.2) is 9.50 Å². The quantitative estimate of drug-likeness (QED) is 0.342. The highest BCUT2D eigenvalue weighted by molar-refractivity contribution is 5.87. The van der Waals surface area contributed by atoms with Crippen LogP contribution in [0.4, 0.5) is 5.82 Å². The number of imidazole rings is 1. The van der Waals surface area contributed by atoms with Gasteiger partial charge in [-0.2, -0.15) is 4.98 Å². The highest BCUT2D eigenvalue weighted by Gasteiger charge is 2.30. The highest BCUT2D eigenvalue weighted by Crippen LogP contribution is 2.28. The van der Waals surface area contributed by atoms with Crippen LogP contribution in [0.5, 0.6) is 6.01 Å². The number of carbonyl (C=O) groups is 1. The fourth-order valence-corrected chi connectivity index (χ4v) is 5.87. The topological polar surface area (TPSA) is 79.1 Å². The molecule has 2 saturated heterocycles. The number of hydrogen-bond donors (Lipinski definition) is 0. The minimum Gasteiger partial charge on any atom is -0.461 e. The third-order valence-corrected chi connectivity index (χ3v) is 8.11. The SMILES string of the molecule is C=CC(=O)N1CCN(c2nc(OCC3CCCN3C)nn3c(Cc4cccc5ccccc45)cnc23)C(C)C1. The van der Waals surface area contributed by atoms with E-state index < -0.39 is 0 Å². The first-order valence-corrected chi connectivity index (χ1v) is 13.7. The van der Waals surface area contributed by atoms with Gasteiger partial charge in [0.1, 0.15) is 6.61 Å². The molecule has 2 aliphatic rings. The van der Waals surface area contributed by atoms with E-state index in [1.165, 1.54) is 28.8 Å². The standard InChI is InChI=1S/C30H35N7O2/c1-4-27(38)35-15-16-36(21(2)19-35)29-28-31-18-25(17-23-11-7-10-22-9-5-6-13-26(22)23)37(28)33-30(32-29)39-20-24-12-8-14-34(24)3/h4-7,9-11,13,18,21,24H,1,8,12,14-17,19-20H2,2-3H3. The van der Waals surface area contributed by atoms with Gasteiger partial charge in [0, 0.05) is 38.1 Å². The second-order valence-corrected chi connectivity index (χ2v) is 10.6. The van der Waals surface area contributed by atoms with Gasteiger partial charge in [-0.1, -0.05) is 49.0 Å². The number of ether oxygens (including phenoxy) is 1. The van der Waals surface area contributed by atoms with Gasteiger partial charge in [0.25, 0.3) is 0 Å². The number of piperazine rings is 1. The molecule has 1 amide bonds. The van der Waals surface area contributed by atoms with Crippen molar-refractivity contribution in [3.63, 3.8) is 0 Å². The number of likely N-dealkylation sites (N-methyl/N-ethyl adjacent to an activating group) is 1. The molecular weight excluding hydrogens is 490 g/mol. The second-order valence-electron chi connectivity index (χ2n) is 10.6. The summed E-state index contributed by atoms with van der Waals surface area (Å²) in [5.41, 5.74) is 2.89. The average Bonchev–Trinajstić information content (AvgIpc) is 3.56.